The van der Waals surface area contributed by atoms with Gasteiger partial charge in [0.2, 0.25) is 5.91 Å². The van der Waals surface area contributed by atoms with E-state index in [1.54, 1.807) is 0 Å². The summed E-state index contributed by atoms with van der Waals surface area (Å²) in [5, 5.41) is 5.21. The van der Waals surface area contributed by atoms with Crippen LogP contribution in [0.4, 0.5) is 18.9 Å². The number of hydrogen-bond donors (Lipinski definition) is 2. The molecule has 0 aromatic heterocycles. The summed E-state index contributed by atoms with van der Waals surface area (Å²) < 4.78 is 42.9. The molecule has 0 saturated carbocycles. The molecular weight excluding hydrogens is 341 g/mol. The molecule has 0 aliphatic heterocycles. The number of hydrogen-bond acceptors (Lipinski definition) is 3. The van der Waals surface area contributed by atoms with Crippen LogP contribution in [0.2, 0.25) is 0 Å². The fraction of sp³-hybridized carbons (Fsp3) is 0.417. The quantitative estimate of drug-likeness (QED) is 0.772. The van der Waals surface area contributed by atoms with Crippen LogP contribution < -0.4 is 10.6 Å². The first kappa shape index (κ1) is 16.8. The maximum absolute atomic E-state index is 12.6. The molecular formula is C12H14BrF3N2O2. The van der Waals surface area contributed by atoms with Crippen molar-refractivity contribution in [2.45, 2.75) is 6.18 Å². The van der Waals surface area contributed by atoms with E-state index >= 15 is 0 Å². The number of anilines is 1. The summed E-state index contributed by atoms with van der Waals surface area (Å²) in [4.78, 5) is 11.4. The lowest BCUT2D eigenvalue weighted by molar-refractivity contribution is -0.137. The van der Waals surface area contributed by atoms with E-state index in [1.165, 1.54) is 13.2 Å². The second-order valence-corrected chi connectivity index (χ2v) is 4.74. The molecule has 0 radical (unpaired) electrons. The fourth-order valence-corrected chi connectivity index (χ4v) is 1.75. The highest BCUT2D eigenvalue weighted by molar-refractivity contribution is 9.10. The number of halogens is 4. The highest BCUT2D eigenvalue weighted by Gasteiger charge is 2.30. The van der Waals surface area contributed by atoms with Crippen LogP contribution in [0, 0.1) is 0 Å². The first-order valence-electron chi connectivity index (χ1n) is 5.71. The van der Waals surface area contributed by atoms with Crippen molar-refractivity contribution in [2.24, 2.45) is 0 Å². The van der Waals surface area contributed by atoms with Gasteiger partial charge in [-0.05, 0) is 34.1 Å². The van der Waals surface area contributed by atoms with Crippen molar-refractivity contribution in [3.63, 3.8) is 0 Å². The van der Waals surface area contributed by atoms with Gasteiger partial charge in [-0.15, -0.1) is 0 Å². The van der Waals surface area contributed by atoms with Crippen LogP contribution in [0.25, 0.3) is 0 Å². The lowest BCUT2D eigenvalue weighted by Crippen LogP contribution is -2.32. The Morgan fingerprint density at radius 2 is 2.10 bits per heavy atom. The highest BCUT2D eigenvalue weighted by atomic mass is 79.9. The van der Waals surface area contributed by atoms with E-state index in [2.05, 4.69) is 26.6 Å². The summed E-state index contributed by atoms with van der Waals surface area (Å²) in [6.07, 6.45) is -4.42. The molecule has 112 valence electrons. The second kappa shape index (κ2) is 7.49. The van der Waals surface area contributed by atoms with E-state index < -0.39 is 11.7 Å². The Labute approximate surface area is 122 Å². The van der Waals surface area contributed by atoms with E-state index in [1.807, 2.05) is 0 Å². The topological polar surface area (TPSA) is 50.4 Å². The predicted molar refractivity (Wildman–Crippen MR) is 72.5 cm³/mol. The molecule has 0 atom stereocenters. The van der Waals surface area contributed by atoms with Crippen LogP contribution >= 0.6 is 15.9 Å². The molecule has 4 nitrogen and oxygen atoms in total. The number of rotatable bonds is 6. The largest absolute Gasteiger partial charge is 0.416 e. The lowest BCUT2D eigenvalue weighted by Gasteiger charge is -2.12. The molecule has 0 bridgehead atoms. The number of alkyl halides is 3. The molecule has 0 aliphatic rings. The molecule has 0 spiro atoms. The Kier molecular flexibility index (Phi) is 6.28. The average molecular weight is 355 g/mol. The number of benzene rings is 1. The Morgan fingerprint density at radius 1 is 1.40 bits per heavy atom. The normalized spacial score (nSPS) is 11.2. The third-order valence-electron chi connectivity index (χ3n) is 2.36. The average Bonchev–Trinajstić information content (AvgIpc) is 2.36. The zero-order valence-corrected chi connectivity index (χ0v) is 12.3. The molecule has 20 heavy (non-hydrogen) atoms. The molecule has 0 fully saturated rings. The van der Waals surface area contributed by atoms with Crippen LogP contribution in [-0.2, 0) is 15.7 Å². The van der Waals surface area contributed by atoms with Crippen LogP contribution in [0.15, 0.2) is 22.7 Å². The van der Waals surface area contributed by atoms with E-state index in [9.17, 15) is 18.0 Å². The van der Waals surface area contributed by atoms with Gasteiger partial charge in [-0.1, -0.05) is 0 Å². The minimum Gasteiger partial charge on any atom is -0.383 e. The maximum atomic E-state index is 12.6. The predicted octanol–water partition coefficient (Wildman–Crippen LogP) is 2.64. The van der Waals surface area contributed by atoms with Crippen molar-refractivity contribution >= 4 is 27.5 Å². The van der Waals surface area contributed by atoms with Gasteiger partial charge < -0.3 is 15.4 Å². The zero-order valence-electron chi connectivity index (χ0n) is 10.7. The molecule has 1 amide bonds. The lowest BCUT2D eigenvalue weighted by atomic mass is 10.2. The molecule has 0 heterocycles. The third-order valence-corrected chi connectivity index (χ3v) is 3.05. The summed E-state index contributed by atoms with van der Waals surface area (Å²) in [5.74, 6) is -0.327. The summed E-state index contributed by atoms with van der Waals surface area (Å²) >= 11 is 3.13. The molecule has 1 aromatic rings. The molecule has 2 N–H and O–H groups in total. The van der Waals surface area contributed by atoms with Gasteiger partial charge >= 0.3 is 6.18 Å². The van der Waals surface area contributed by atoms with Crippen molar-refractivity contribution in [2.75, 3.05) is 32.1 Å². The minimum absolute atomic E-state index is 0.121. The highest BCUT2D eigenvalue weighted by Crippen LogP contribution is 2.33. The molecule has 0 aliphatic carbocycles. The molecule has 8 heteroatoms. The van der Waals surface area contributed by atoms with E-state index in [-0.39, 0.29) is 18.1 Å². The molecule has 1 rings (SSSR count). The number of ether oxygens (including phenoxy) is 1. The SMILES string of the molecule is COCCNC(=O)CNc1cc(C(F)(F)F)ccc1Br. The third kappa shape index (κ3) is 5.38. The molecule has 0 unspecified atom stereocenters. The van der Waals surface area contributed by atoms with Crippen molar-refractivity contribution in [1.29, 1.82) is 0 Å². The number of nitrogens with one attached hydrogen (secondary N) is 2. The Hall–Kier alpha value is -1.28. The van der Waals surface area contributed by atoms with Crippen LogP contribution in [0.5, 0.6) is 0 Å². The van der Waals surface area contributed by atoms with E-state index in [4.69, 9.17) is 4.74 Å². The fourth-order valence-electron chi connectivity index (χ4n) is 1.37. The van der Waals surface area contributed by atoms with Crippen LogP contribution in [-0.4, -0.2) is 32.7 Å². The number of carbonyl (C=O) groups excluding carboxylic acids is 1. The maximum Gasteiger partial charge on any atom is 0.416 e. The number of amides is 1. The van der Waals surface area contributed by atoms with Gasteiger partial charge in [-0.2, -0.15) is 13.2 Å². The van der Waals surface area contributed by atoms with E-state index in [0.29, 0.717) is 17.6 Å². The Balaban J connectivity index is 2.61. The summed E-state index contributed by atoms with van der Waals surface area (Å²) in [5.41, 5.74) is -0.565. The van der Waals surface area contributed by atoms with Crippen molar-refractivity contribution in [3.05, 3.63) is 28.2 Å². The number of methoxy groups -OCH3 is 1. The first-order valence-corrected chi connectivity index (χ1v) is 6.50. The van der Waals surface area contributed by atoms with Gasteiger partial charge in [0.25, 0.3) is 0 Å². The smallest absolute Gasteiger partial charge is 0.383 e. The summed E-state index contributed by atoms with van der Waals surface area (Å²) in [7, 11) is 1.50. The molecule has 0 saturated heterocycles. The second-order valence-electron chi connectivity index (χ2n) is 3.89. The van der Waals surface area contributed by atoms with Crippen molar-refractivity contribution < 1.29 is 22.7 Å². The van der Waals surface area contributed by atoms with Crippen molar-refractivity contribution in [3.8, 4) is 0 Å². The van der Waals surface area contributed by atoms with Gasteiger partial charge in [0, 0.05) is 23.8 Å². The standard InChI is InChI=1S/C12H14BrF3N2O2/c1-20-5-4-17-11(19)7-18-10-6-8(12(14,15)16)2-3-9(10)13/h2-3,6,18H,4-5,7H2,1H3,(H,17,19). The Morgan fingerprint density at radius 3 is 2.70 bits per heavy atom. The zero-order chi connectivity index (χ0) is 15.2. The van der Waals surface area contributed by atoms with E-state index in [0.717, 1.165) is 12.1 Å². The monoisotopic (exact) mass is 354 g/mol. The van der Waals surface area contributed by atoms with Gasteiger partial charge in [0.1, 0.15) is 0 Å². The summed E-state index contributed by atoms with van der Waals surface area (Å²) in [6.45, 7) is 0.601. The van der Waals surface area contributed by atoms with Gasteiger partial charge in [-0.25, -0.2) is 0 Å². The Bertz CT molecular complexity index is 467. The van der Waals surface area contributed by atoms with Gasteiger partial charge in [0.15, 0.2) is 0 Å². The van der Waals surface area contributed by atoms with Crippen LogP contribution in [0.3, 0.4) is 0 Å². The van der Waals surface area contributed by atoms with Gasteiger partial charge in [0.05, 0.1) is 18.7 Å². The summed E-state index contributed by atoms with van der Waals surface area (Å²) in [6, 6.07) is 3.20. The van der Waals surface area contributed by atoms with Crippen molar-refractivity contribution in [1.82, 2.24) is 5.32 Å². The minimum atomic E-state index is -4.42. The molecule has 1 aromatic carbocycles. The van der Waals surface area contributed by atoms with Crippen LogP contribution in [0.1, 0.15) is 5.56 Å². The number of carbonyl (C=O) groups is 1. The first-order chi connectivity index (χ1) is 9.34. The van der Waals surface area contributed by atoms with Gasteiger partial charge in [-0.3, -0.25) is 4.79 Å².